The van der Waals surface area contributed by atoms with E-state index in [1.54, 1.807) is 0 Å². The Labute approximate surface area is 107 Å². The summed E-state index contributed by atoms with van der Waals surface area (Å²) in [5, 5.41) is 0. The highest BCUT2D eigenvalue weighted by Gasteiger charge is 2.43. The van der Waals surface area contributed by atoms with Gasteiger partial charge in [-0.3, -0.25) is 4.79 Å². The highest BCUT2D eigenvalue weighted by atomic mass is 16.5. The van der Waals surface area contributed by atoms with Crippen LogP contribution >= 0.6 is 0 Å². The van der Waals surface area contributed by atoms with E-state index in [1.807, 2.05) is 24.8 Å². The number of hydrogen-bond donors (Lipinski definition) is 1. The van der Waals surface area contributed by atoms with E-state index in [2.05, 4.69) is 4.98 Å². The summed E-state index contributed by atoms with van der Waals surface area (Å²) < 4.78 is 5.50. The molecule has 2 aliphatic heterocycles. The first-order valence-corrected chi connectivity index (χ1v) is 6.63. The average molecular weight is 248 g/mol. The first-order chi connectivity index (χ1) is 8.60. The van der Waals surface area contributed by atoms with Gasteiger partial charge >= 0.3 is 0 Å². The summed E-state index contributed by atoms with van der Waals surface area (Å²) in [6, 6.07) is 2.03. The number of nitrogens with one attached hydrogen (secondary N) is 1. The number of amides is 1. The van der Waals surface area contributed by atoms with Gasteiger partial charge in [0, 0.05) is 30.8 Å². The minimum atomic E-state index is 0.143. The molecule has 0 bridgehead atoms. The standard InChI is InChI=1S/C14H20N2O2/c1-10-7-11(2)15-12(10)13(17)16-5-3-14(8-16)4-6-18-9-14/h7,15H,3-6,8-9H2,1-2H3/t14-/m0/s1. The van der Waals surface area contributed by atoms with Gasteiger partial charge < -0.3 is 14.6 Å². The molecule has 1 N–H and O–H groups in total. The fourth-order valence-electron chi connectivity index (χ4n) is 3.19. The van der Waals surface area contributed by atoms with E-state index >= 15 is 0 Å². The summed E-state index contributed by atoms with van der Waals surface area (Å²) >= 11 is 0. The lowest BCUT2D eigenvalue weighted by Gasteiger charge is -2.21. The van der Waals surface area contributed by atoms with Crippen molar-refractivity contribution in [2.45, 2.75) is 26.7 Å². The Morgan fingerprint density at radius 1 is 1.44 bits per heavy atom. The number of H-pyrrole nitrogens is 1. The van der Waals surface area contributed by atoms with Gasteiger partial charge in [-0.1, -0.05) is 0 Å². The van der Waals surface area contributed by atoms with Crippen LogP contribution in [0.4, 0.5) is 0 Å². The molecule has 2 saturated heterocycles. The van der Waals surface area contributed by atoms with Gasteiger partial charge in [-0.25, -0.2) is 0 Å². The van der Waals surface area contributed by atoms with Crippen molar-refractivity contribution in [3.05, 3.63) is 23.0 Å². The van der Waals surface area contributed by atoms with Crippen LogP contribution < -0.4 is 0 Å². The van der Waals surface area contributed by atoms with Crippen molar-refractivity contribution in [1.29, 1.82) is 0 Å². The summed E-state index contributed by atoms with van der Waals surface area (Å²) in [4.78, 5) is 17.6. The second-order valence-corrected chi connectivity index (χ2v) is 5.79. The number of aromatic nitrogens is 1. The molecule has 0 aromatic carbocycles. The molecule has 98 valence electrons. The van der Waals surface area contributed by atoms with E-state index in [0.717, 1.165) is 56.1 Å². The number of ether oxygens (including phenoxy) is 1. The molecule has 3 heterocycles. The van der Waals surface area contributed by atoms with Gasteiger partial charge in [0.1, 0.15) is 5.69 Å². The van der Waals surface area contributed by atoms with Gasteiger partial charge in [0.2, 0.25) is 0 Å². The van der Waals surface area contributed by atoms with Crippen LogP contribution in [-0.2, 0) is 4.74 Å². The van der Waals surface area contributed by atoms with Crippen LogP contribution in [0.1, 0.15) is 34.6 Å². The quantitative estimate of drug-likeness (QED) is 0.825. The molecule has 0 radical (unpaired) electrons. The lowest BCUT2D eigenvalue weighted by molar-refractivity contribution is 0.0760. The number of rotatable bonds is 1. The molecule has 3 rings (SSSR count). The monoisotopic (exact) mass is 248 g/mol. The van der Waals surface area contributed by atoms with Crippen LogP contribution in [0.3, 0.4) is 0 Å². The van der Waals surface area contributed by atoms with Crippen molar-refractivity contribution >= 4 is 5.91 Å². The summed E-state index contributed by atoms with van der Waals surface area (Å²) in [5.74, 6) is 0.143. The highest BCUT2D eigenvalue weighted by molar-refractivity contribution is 5.94. The maximum absolute atomic E-state index is 12.5. The molecule has 1 amide bonds. The zero-order valence-electron chi connectivity index (χ0n) is 11.1. The number of nitrogens with zero attached hydrogens (tertiary/aromatic N) is 1. The van der Waals surface area contributed by atoms with Gasteiger partial charge in [-0.05, 0) is 38.3 Å². The predicted molar refractivity (Wildman–Crippen MR) is 68.7 cm³/mol. The minimum Gasteiger partial charge on any atom is -0.381 e. The molecule has 0 unspecified atom stereocenters. The van der Waals surface area contributed by atoms with E-state index in [1.165, 1.54) is 0 Å². The normalized spacial score (nSPS) is 27.3. The van der Waals surface area contributed by atoms with Crippen LogP contribution in [0, 0.1) is 19.3 Å². The van der Waals surface area contributed by atoms with E-state index in [0.29, 0.717) is 0 Å². The molecule has 4 heteroatoms. The number of carbonyl (C=O) groups excluding carboxylic acids is 1. The molecule has 4 nitrogen and oxygen atoms in total. The maximum atomic E-state index is 12.5. The van der Waals surface area contributed by atoms with Gasteiger partial charge in [0.25, 0.3) is 5.91 Å². The molecule has 1 atom stereocenters. The number of hydrogen-bond acceptors (Lipinski definition) is 2. The minimum absolute atomic E-state index is 0.143. The van der Waals surface area contributed by atoms with Crippen LogP contribution in [-0.4, -0.2) is 42.1 Å². The summed E-state index contributed by atoms with van der Waals surface area (Å²) in [5.41, 5.74) is 3.09. The first-order valence-electron chi connectivity index (χ1n) is 6.63. The lowest BCUT2D eigenvalue weighted by Crippen LogP contribution is -2.33. The lowest BCUT2D eigenvalue weighted by atomic mass is 9.87. The van der Waals surface area contributed by atoms with E-state index in [4.69, 9.17) is 4.74 Å². The maximum Gasteiger partial charge on any atom is 0.270 e. The Balaban J connectivity index is 1.76. The second kappa shape index (κ2) is 4.12. The third-order valence-electron chi connectivity index (χ3n) is 4.27. The number of aryl methyl sites for hydroxylation is 2. The molecular weight excluding hydrogens is 228 g/mol. The van der Waals surface area contributed by atoms with Crippen molar-refractivity contribution in [3.8, 4) is 0 Å². The van der Waals surface area contributed by atoms with Crippen molar-refractivity contribution in [2.24, 2.45) is 5.41 Å². The molecule has 18 heavy (non-hydrogen) atoms. The summed E-state index contributed by atoms with van der Waals surface area (Å²) in [6.07, 6.45) is 2.18. The fourth-order valence-corrected chi connectivity index (χ4v) is 3.19. The van der Waals surface area contributed by atoms with Gasteiger partial charge in [-0.15, -0.1) is 0 Å². The highest BCUT2D eigenvalue weighted by Crippen LogP contribution is 2.38. The van der Waals surface area contributed by atoms with Crippen LogP contribution in [0.15, 0.2) is 6.07 Å². The summed E-state index contributed by atoms with van der Waals surface area (Å²) in [6.45, 7) is 7.35. The smallest absolute Gasteiger partial charge is 0.270 e. The van der Waals surface area contributed by atoms with E-state index in [-0.39, 0.29) is 11.3 Å². The van der Waals surface area contributed by atoms with Crippen LogP contribution in [0.5, 0.6) is 0 Å². The molecule has 0 aliphatic carbocycles. The topological polar surface area (TPSA) is 45.3 Å². The van der Waals surface area contributed by atoms with Crippen LogP contribution in [0.2, 0.25) is 0 Å². The van der Waals surface area contributed by atoms with E-state index in [9.17, 15) is 4.79 Å². The second-order valence-electron chi connectivity index (χ2n) is 5.79. The third-order valence-corrected chi connectivity index (χ3v) is 4.27. The summed E-state index contributed by atoms with van der Waals surface area (Å²) in [7, 11) is 0. The van der Waals surface area contributed by atoms with E-state index < -0.39 is 0 Å². The Bertz CT molecular complexity index is 472. The number of carbonyl (C=O) groups is 1. The number of aromatic amines is 1. The SMILES string of the molecule is Cc1cc(C)c(C(=O)N2CC[C@]3(CCOC3)C2)[nH]1. The Morgan fingerprint density at radius 2 is 2.28 bits per heavy atom. The third kappa shape index (κ3) is 1.85. The molecule has 1 spiro atoms. The van der Waals surface area contributed by atoms with Crippen molar-refractivity contribution < 1.29 is 9.53 Å². The molecule has 1 aromatic heterocycles. The van der Waals surface area contributed by atoms with Gasteiger partial charge in [-0.2, -0.15) is 0 Å². The zero-order chi connectivity index (χ0) is 12.8. The molecule has 2 fully saturated rings. The van der Waals surface area contributed by atoms with Crippen molar-refractivity contribution in [1.82, 2.24) is 9.88 Å². The first kappa shape index (κ1) is 11.8. The predicted octanol–water partition coefficient (Wildman–Crippen LogP) is 1.88. The fraction of sp³-hybridized carbons (Fsp3) is 0.643. The molecule has 1 aromatic rings. The molecule has 2 aliphatic rings. The Kier molecular flexibility index (Phi) is 2.70. The van der Waals surface area contributed by atoms with Crippen molar-refractivity contribution in [3.63, 3.8) is 0 Å². The molecule has 0 saturated carbocycles. The average Bonchev–Trinajstić information content (AvgIpc) is 3.02. The van der Waals surface area contributed by atoms with Crippen LogP contribution in [0.25, 0.3) is 0 Å². The molecular formula is C14H20N2O2. The number of likely N-dealkylation sites (tertiary alicyclic amines) is 1. The van der Waals surface area contributed by atoms with Gasteiger partial charge in [0.05, 0.1) is 6.61 Å². The Hall–Kier alpha value is -1.29. The zero-order valence-corrected chi connectivity index (χ0v) is 11.1. The van der Waals surface area contributed by atoms with Crippen molar-refractivity contribution in [2.75, 3.05) is 26.3 Å². The largest absolute Gasteiger partial charge is 0.381 e. The Morgan fingerprint density at radius 3 is 2.89 bits per heavy atom. The van der Waals surface area contributed by atoms with Gasteiger partial charge in [0.15, 0.2) is 0 Å².